The van der Waals surface area contributed by atoms with Gasteiger partial charge < -0.3 is 0 Å². The van der Waals surface area contributed by atoms with Gasteiger partial charge in [0.1, 0.15) is 5.01 Å². The minimum Gasteiger partial charge on any atom is -0.292 e. The third kappa shape index (κ3) is 3.66. The number of thiazole rings is 1. The maximum absolute atomic E-state index is 12.6. The first-order chi connectivity index (χ1) is 10.8. The summed E-state index contributed by atoms with van der Waals surface area (Å²) >= 11 is 1.25. The van der Waals surface area contributed by atoms with E-state index in [0.29, 0.717) is 17.0 Å². The Labute approximate surface area is 139 Å². The summed E-state index contributed by atoms with van der Waals surface area (Å²) in [6, 6.07) is 6.53. The van der Waals surface area contributed by atoms with Gasteiger partial charge in [-0.3, -0.25) is 4.79 Å². The summed E-state index contributed by atoms with van der Waals surface area (Å²) in [5, 5.41) is 11.5. The number of ketones is 1. The molecule has 2 rings (SSSR count). The van der Waals surface area contributed by atoms with Crippen LogP contribution < -0.4 is 0 Å². The van der Waals surface area contributed by atoms with Gasteiger partial charge >= 0.3 is 0 Å². The Morgan fingerprint density at radius 2 is 2.13 bits per heavy atom. The molecule has 0 N–H and O–H groups in total. The molecule has 0 saturated heterocycles. The summed E-state index contributed by atoms with van der Waals surface area (Å²) < 4.78 is 23.8. The van der Waals surface area contributed by atoms with E-state index in [0.717, 1.165) is 11.9 Å². The molecule has 120 valence electrons. The van der Waals surface area contributed by atoms with Crippen LogP contribution in [0.5, 0.6) is 0 Å². The molecule has 1 heterocycles. The highest BCUT2D eigenvalue weighted by Gasteiger charge is 2.26. The molecule has 5 nitrogen and oxygen atoms in total. The number of aromatic nitrogens is 1. The molecule has 0 fully saturated rings. The molecule has 2 aromatic rings. The normalized spacial score (nSPS) is 12.6. The van der Waals surface area contributed by atoms with Crippen molar-refractivity contribution in [2.45, 2.75) is 31.1 Å². The summed E-state index contributed by atoms with van der Waals surface area (Å²) in [6.07, 6.45) is 1.66. The third-order valence-corrected chi connectivity index (χ3v) is 5.61. The van der Waals surface area contributed by atoms with Crippen LogP contribution in [-0.4, -0.2) is 25.4 Å². The van der Waals surface area contributed by atoms with Crippen LogP contribution in [0.15, 0.2) is 28.5 Å². The zero-order valence-corrected chi connectivity index (χ0v) is 14.7. The third-order valence-electron chi connectivity index (χ3n) is 3.41. The maximum Gasteiger partial charge on any atom is 0.186 e. The molecule has 1 aromatic carbocycles. The van der Waals surface area contributed by atoms with E-state index in [1.165, 1.54) is 17.4 Å². The van der Waals surface area contributed by atoms with Crippen LogP contribution in [0.2, 0.25) is 0 Å². The Kier molecular flexibility index (Phi) is 4.97. The van der Waals surface area contributed by atoms with E-state index in [1.807, 2.05) is 13.0 Å². The van der Waals surface area contributed by atoms with Crippen molar-refractivity contribution in [3.05, 3.63) is 45.4 Å². The maximum atomic E-state index is 12.6. The molecular formula is C16H16N2O3S2. The minimum atomic E-state index is -3.44. The van der Waals surface area contributed by atoms with Gasteiger partial charge in [0, 0.05) is 22.9 Å². The molecule has 0 aliphatic carbocycles. The molecule has 1 aromatic heterocycles. The van der Waals surface area contributed by atoms with Crippen molar-refractivity contribution in [1.29, 1.82) is 5.26 Å². The fraction of sp³-hybridized carbons (Fsp3) is 0.312. The highest BCUT2D eigenvalue weighted by molar-refractivity contribution is 7.90. The smallest absolute Gasteiger partial charge is 0.186 e. The van der Waals surface area contributed by atoms with Crippen LogP contribution in [0.3, 0.4) is 0 Å². The molecule has 1 atom stereocenters. The predicted molar refractivity (Wildman–Crippen MR) is 88.5 cm³/mol. The number of nitriles is 1. The molecule has 0 radical (unpaired) electrons. The second kappa shape index (κ2) is 6.60. The molecule has 1 unspecified atom stereocenters. The topological polar surface area (TPSA) is 87.9 Å². The Balaban J connectivity index is 2.49. The van der Waals surface area contributed by atoms with Crippen molar-refractivity contribution in [3.63, 3.8) is 0 Å². The quantitative estimate of drug-likeness (QED) is 0.775. The number of sulfone groups is 1. The average Bonchev–Trinajstić information content (AvgIpc) is 2.92. The van der Waals surface area contributed by atoms with Crippen molar-refractivity contribution in [2.75, 3.05) is 6.26 Å². The second-order valence-corrected chi connectivity index (χ2v) is 8.08. The van der Waals surface area contributed by atoms with Crippen LogP contribution in [0.4, 0.5) is 0 Å². The van der Waals surface area contributed by atoms with Gasteiger partial charge in [-0.25, -0.2) is 13.4 Å². The largest absolute Gasteiger partial charge is 0.292 e. The van der Waals surface area contributed by atoms with E-state index in [9.17, 15) is 18.5 Å². The van der Waals surface area contributed by atoms with Crippen molar-refractivity contribution in [3.8, 4) is 6.07 Å². The van der Waals surface area contributed by atoms with E-state index in [4.69, 9.17) is 0 Å². The number of hydrogen-bond acceptors (Lipinski definition) is 6. The van der Waals surface area contributed by atoms with Gasteiger partial charge in [0.2, 0.25) is 0 Å². The van der Waals surface area contributed by atoms with Gasteiger partial charge in [0.15, 0.2) is 21.5 Å². The lowest BCUT2D eigenvalue weighted by atomic mass is 9.98. The number of rotatable bonds is 5. The predicted octanol–water partition coefficient (Wildman–Crippen LogP) is 2.91. The fourth-order valence-electron chi connectivity index (χ4n) is 2.24. The number of carbonyl (C=O) groups is 1. The van der Waals surface area contributed by atoms with E-state index in [1.54, 1.807) is 24.4 Å². The summed E-state index contributed by atoms with van der Waals surface area (Å²) in [5.41, 5.74) is 1.61. The zero-order valence-electron chi connectivity index (χ0n) is 13.0. The lowest BCUT2D eigenvalue weighted by Crippen LogP contribution is -2.13. The van der Waals surface area contributed by atoms with Gasteiger partial charge in [0.25, 0.3) is 0 Å². The number of carbonyl (C=O) groups excluding carboxylic acids is 1. The monoisotopic (exact) mass is 348 g/mol. The number of nitrogens with zero attached hydrogens (tertiary/aromatic N) is 2. The van der Waals surface area contributed by atoms with Gasteiger partial charge in [0.05, 0.1) is 11.0 Å². The molecule has 0 aliphatic rings. The van der Waals surface area contributed by atoms with Crippen molar-refractivity contribution >= 4 is 27.0 Å². The van der Waals surface area contributed by atoms with Crippen LogP contribution in [0.25, 0.3) is 0 Å². The van der Waals surface area contributed by atoms with Crippen LogP contribution >= 0.6 is 11.3 Å². The molecule has 0 amide bonds. The first-order valence-corrected chi connectivity index (χ1v) is 9.73. The first-order valence-electron chi connectivity index (χ1n) is 6.96. The summed E-state index contributed by atoms with van der Waals surface area (Å²) in [6.45, 7) is 3.64. The standard InChI is InChI=1S/C16H16N2O3S2/c1-4-11-5-6-12(7-14(11)23(3,20)21)15(19)13(8-17)16-18-10(2)9-22-16/h5-7,9,13H,4H2,1-3H3. The van der Waals surface area contributed by atoms with E-state index in [-0.39, 0.29) is 10.5 Å². The molecule has 7 heteroatoms. The van der Waals surface area contributed by atoms with Gasteiger partial charge in [-0.2, -0.15) is 5.26 Å². The SMILES string of the molecule is CCc1ccc(C(=O)C(C#N)c2nc(C)cs2)cc1S(C)(=O)=O. The van der Waals surface area contributed by atoms with Gasteiger partial charge in [-0.1, -0.05) is 19.1 Å². The van der Waals surface area contributed by atoms with E-state index in [2.05, 4.69) is 4.98 Å². The zero-order chi connectivity index (χ0) is 17.2. The number of hydrogen-bond donors (Lipinski definition) is 0. The summed E-state index contributed by atoms with van der Waals surface area (Å²) in [4.78, 5) is 16.9. The lowest BCUT2D eigenvalue weighted by molar-refractivity contribution is 0.0978. The molecular weight excluding hydrogens is 332 g/mol. The van der Waals surface area contributed by atoms with Crippen molar-refractivity contribution < 1.29 is 13.2 Å². The van der Waals surface area contributed by atoms with Gasteiger partial charge in [-0.05, 0) is 25.0 Å². The Bertz CT molecular complexity index is 892. The molecule has 0 bridgehead atoms. The Morgan fingerprint density at radius 1 is 1.43 bits per heavy atom. The fourth-order valence-corrected chi connectivity index (χ4v) is 4.11. The molecule has 0 saturated carbocycles. The van der Waals surface area contributed by atoms with Crippen molar-refractivity contribution in [1.82, 2.24) is 4.98 Å². The van der Waals surface area contributed by atoms with E-state index >= 15 is 0 Å². The van der Waals surface area contributed by atoms with E-state index < -0.39 is 21.5 Å². The Hall–Kier alpha value is -2.04. The summed E-state index contributed by atoms with van der Waals surface area (Å²) in [7, 11) is -3.44. The van der Waals surface area contributed by atoms with Crippen LogP contribution in [-0.2, 0) is 16.3 Å². The number of aryl methyl sites for hydroxylation is 2. The second-order valence-electron chi connectivity index (χ2n) is 5.20. The summed E-state index contributed by atoms with van der Waals surface area (Å²) in [5.74, 6) is -1.46. The first kappa shape index (κ1) is 17.3. The van der Waals surface area contributed by atoms with Crippen molar-refractivity contribution in [2.24, 2.45) is 0 Å². The lowest BCUT2D eigenvalue weighted by Gasteiger charge is -2.10. The molecule has 23 heavy (non-hydrogen) atoms. The number of Topliss-reactive ketones (excluding diaryl/α,β-unsaturated/α-hetero) is 1. The number of benzene rings is 1. The van der Waals surface area contributed by atoms with Gasteiger partial charge in [-0.15, -0.1) is 11.3 Å². The average molecular weight is 348 g/mol. The van der Waals surface area contributed by atoms with Crippen LogP contribution in [0, 0.1) is 18.3 Å². The highest BCUT2D eigenvalue weighted by Crippen LogP contribution is 2.26. The Morgan fingerprint density at radius 3 is 2.61 bits per heavy atom. The van der Waals surface area contributed by atoms with Crippen LogP contribution in [0.1, 0.15) is 39.5 Å². The molecule has 0 aliphatic heterocycles. The molecule has 0 spiro atoms. The minimum absolute atomic E-state index is 0.137. The highest BCUT2D eigenvalue weighted by atomic mass is 32.2.